The van der Waals surface area contributed by atoms with E-state index in [1.807, 2.05) is 5.38 Å². The van der Waals surface area contributed by atoms with Crippen LogP contribution in [0.4, 0.5) is 4.39 Å². The molecule has 1 amide bonds. The molecule has 0 aliphatic rings. The maximum absolute atomic E-state index is 13.7. The van der Waals surface area contributed by atoms with Gasteiger partial charge in [0.25, 0.3) is 5.91 Å². The quantitative estimate of drug-likeness (QED) is 0.786. The largest absolute Gasteiger partial charge is 0.350 e. The first kappa shape index (κ1) is 14.4. The number of para-hydroxylation sites is 1. The average Bonchev–Trinajstić information content (AvgIpc) is 3.19. The molecule has 112 valence electrons. The number of benzene rings is 1. The average molecular weight is 316 g/mol. The van der Waals surface area contributed by atoms with Gasteiger partial charge in [0.2, 0.25) is 0 Å². The van der Waals surface area contributed by atoms with Crippen molar-refractivity contribution >= 4 is 17.2 Å². The first-order valence-corrected chi connectivity index (χ1v) is 7.64. The Kier molecular flexibility index (Phi) is 4.24. The van der Waals surface area contributed by atoms with E-state index in [0.717, 1.165) is 5.69 Å². The predicted molar refractivity (Wildman–Crippen MR) is 81.7 cm³/mol. The molecule has 7 heteroatoms. The molecule has 1 aromatic carbocycles. The van der Waals surface area contributed by atoms with E-state index < -0.39 is 0 Å². The Bertz CT molecular complexity index is 769. The van der Waals surface area contributed by atoms with E-state index in [9.17, 15) is 9.18 Å². The molecule has 0 spiro atoms. The number of carbonyl (C=O) groups excluding carboxylic acids is 1. The molecule has 0 unspecified atom stereocenters. The summed E-state index contributed by atoms with van der Waals surface area (Å²) < 4.78 is 15.0. The molecule has 0 radical (unpaired) electrons. The van der Waals surface area contributed by atoms with Crippen LogP contribution < -0.4 is 5.32 Å². The zero-order chi connectivity index (χ0) is 15.4. The molecule has 0 aliphatic carbocycles. The number of nitrogens with one attached hydrogen (secondary N) is 1. The summed E-state index contributed by atoms with van der Waals surface area (Å²) in [4.78, 5) is 16.1. The minimum atomic E-state index is -0.388. The third-order valence-electron chi connectivity index (χ3n) is 3.07. The first-order chi connectivity index (χ1) is 10.7. The van der Waals surface area contributed by atoms with Crippen molar-refractivity contribution in [3.05, 3.63) is 64.6 Å². The molecule has 1 N–H and O–H groups in total. The fourth-order valence-corrected chi connectivity index (χ4v) is 2.57. The first-order valence-electron chi connectivity index (χ1n) is 6.70. The van der Waals surface area contributed by atoms with Gasteiger partial charge in [0.1, 0.15) is 11.5 Å². The van der Waals surface area contributed by atoms with Crippen molar-refractivity contribution in [1.82, 2.24) is 20.1 Å². The Morgan fingerprint density at radius 1 is 1.32 bits per heavy atom. The van der Waals surface area contributed by atoms with E-state index in [2.05, 4.69) is 15.4 Å². The molecular weight excluding hydrogens is 303 g/mol. The summed E-state index contributed by atoms with van der Waals surface area (Å²) in [6, 6.07) is 7.84. The number of hydrogen-bond acceptors (Lipinski definition) is 4. The van der Waals surface area contributed by atoms with Crippen LogP contribution in [0.1, 0.15) is 16.2 Å². The lowest BCUT2D eigenvalue weighted by Gasteiger charge is -2.03. The maximum Gasteiger partial charge on any atom is 0.271 e. The van der Waals surface area contributed by atoms with Crippen molar-refractivity contribution in [3.63, 3.8) is 0 Å². The number of rotatable bonds is 5. The van der Waals surface area contributed by atoms with Crippen molar-refractivity contribution in [2.45, 2.75) is 6.42 Å². The van der Waals surface area contributed by atoms with E-state index in [1.165, 1.54) is 22.1 Å². The van der Waals surface area contributed by atoms with Crippen LogP contribution in [0.25, 0.3) is 5.69 Å². The fourth-order valence-electron chi connectivity index (χ4n) is 1.97. The topological polar surface area (TPSA) is 59.8 Å². The van der Waals surface area contributed by atoms with E-state index in [-0.39, 0.29) is 17.4 Å². The van der Waals surface area contributed by atoms with Crippen LogP contribution in [0.5, 0.6) is 0 Å². The molecule has 2 aromatic heterocycles. The highest BCUT2D eigenvalue weighted by Crippen LogP contribution is 2.12. The standard InChI is InChI=1S/C15H13FN4OS/c16-12-3-1-2-4-14(12)20-8-6-13(19-20)15(21)17-7-5-11-9-22-10-18-11/h1-4,6,8-10H,5,7H2,(H,17,21). The smallest absolute Gasteiger partial charge is 0.271 e. The van der Waals surface area contributed by atoms with Gasteiger partial charge in [0.15, 0.2) is 5.69 Å². The van der Waals surface area contributed by atoms with Gasteiger partial charge in [-0.15, -0.1) is 11.3 Å². The minimum Gasteiger partial charge on any atom is -0.350 e. The molecule has 5 nitrogen and oxygen atoms in total. The lowest BCUT2D eigenvalue weighted by molar-refractivity contribution is 0.0948. The summed E-state index contributed by atoms with van der Waals surface area (Å²) in [6.07, 6.45) is 2.23. The monoisotopic (exact) mass is 316 g/mol. The van der Waals surface area contributed by atoms with Gasteiger partial charge in [-0.3, -0.25) is 4.79 Å². The maximum atomic E-state index is 13.7. The zero-order valence-electron chi connectivity index (χ0n) is 11.6. The number of carbonyl (C=O) groups is 1. The number of aromatic nitrogens is 3. The Hall–Kier alpha value is -2.54. The third kappa shape index (κ3) is 3.20. The summed E-state index contributed by atoms with van der Waals surface area (Å²) in [5, 5.41) is 8.82. The Morgan fingerprint density at radius 2 is 2.18 bits per heavy atom. The van der Waals surface area contributed by atoms with Crippen molar-refractivity contribution in [1.29, 1.82) is 0 Å². The lowest BCUT2D eigenvalue weighted by atomic mass is 10.3. The molecule has 0 atom stereocenters. The normalized spacial score (nSPS) is 10.6. The lowest BCUT2D eigenvalue weighted by Crippen LogP contribution is -2.26. The third-order valence-corrected chi connectivity index (χ3v) is 3.71. The van der Waals surface area contributed by atoms with Crippen LogP contribution >= 0.6 is 11.3 Å². The Labute approximate surface area is 130 Å². The van der Waals surface area contributed by atoms with Gasteiger partial charge in [-0.05, 0) is 18.2 Å². The van der Waals surface area contributed by atoms with Crippen LogP contribution in [0.2, 0.25) is 0 Å². The molecule has 3 rings (SSSR count). The summed E-state index contributed by atoms with van der Waals surface area (Å²) in [7, 11) is 0. The second-order valence-corrected chi connectivity index (χ2v) is 5.30. The summed E-state index contributed by atoms with van der Waals surface area (Å²) in [5.74, 6) is -0.675. The van der Waals surface area contributed by atoms with Crippen LogP contribution in [0.3, 0.4) is 0 Å². The van der Waals surface area contributed by atoms with Crippen LogP contribution in [0.15, 0.2) is 47.4 Å². The molecule has 0 aliphatic heterocycles. The van der Waals surface area contributed by atoms with Crippen molar-refractivity contribution in [2.75, 3.05) is 6.54 Å². The molecule has 0 saturated carbocycles. The second-order valence-electron chi connectivity index (χ2n) is 4.58. The predicted octanol–water partition coefficient (Wildman–Crippen LogP) is 2.44. The molecule has 0 fully saturated rings. The van der Waals surface area contributed by atoms with Crippen LogP contribution in [-0.2, 0) is 6.42 Å². The van der Waals surface area contributed by atoms with E-state index in [0.29, 0.717) is 18.7 Å². The zero-order valence-corrected chi connectivity index (χ0v) is 12.4. The van der Waals surface area contributed by atoms with Gasteiger partial charge in [-0.2, -0.15) is 5.10 Å². The second kappa shape index (κ2) is 6.48. The summed E-state index contributed by atoms with van der Waals surface area (Å²) in [6.45, 7) is 0.481. The highest BCUT2D eigenvalue weighted by atomic mass is 32.1. The van der Waals surface area contributed by atoms with Gasteiger partial charge < -0.3 is 5.32 Å². The molecule has 3 aromatic rings. The van der Waals surface area contributed by atoms with Gasteiger partial charge in [0.05, 0.1) is 11.2 Å². The number of thiazole rings is 1. The number of hydrogen-bond donors (Lipinski definition) is 1. The number of halogens is 1. The SMILES string of the molecule is O=C(NCCc1cscn1)c1ccn(-c2ccccc2F)n1. The van der Waals surface area contributed by atoms with Crippen molar-refractivity contribution in [2.24, 2.45) is 0 Å². The van der Waals surface area contributed by atoms with E-state index in [4.69, 9.17) is 0 Å². The van der Waals surface area contributed by atoms with Gasteiger partial charge in [-0.25, -0.2) is 14.1 Å². The molecular formula is C15H13FN4OS. The molecule has 0 saturated heterocycles. The van der Waals surface area contributed by atoms with Crippen LogP contribution in [0, 0.1) is 5.82 Å². The molecule has 2 heterocycles. The van der Waals surface area contributed by atoms with Gasteiger partial charge in [-0.1, -0.05) is 12.1 Å². The molecule has 22 heavy (non-hydrogen) atoms. The summed E-state index contributed by atoms with van der Waals surface area (Å²) in [5.41, 5.74) is 3.26. The molecule has 0 bridgehead atoms. The Balaban J connectivity index is 1.63. The summed E-state index contributed by atoms with van der Waals surface area (Å²) >= 11 is 1.52. The van der Waals surface area contributed by atoms with Crippen molar-refractivity contribution in [3.8, 4) is 5.69 Å². The minimum absolute atomic E-state index is 0.251. The number of nitrogens with zero attached hydrogens (tertiary/aromatic N) is 3. The fraction of sp³-hybridized carbons (Fsp3) is 0.133. The van der Waals surface area contributed by atoms with Crippen LogP contribution in [-0.4, -0.2) is 27.2 Å². The highest BCUT2D eigenvalue weighted by Gasteiger charge is 2.11. The van der Waals surface area contributed by atoms with E-state index in [1.54, 1.807) is 36.0 Å². The van der Waals surface area contributed by atoms with E-state index >= 15 is 0 Å². The van der Waals surface area contributed by atoms with Gasteiger partial charge in [0, 0.05) is 24.5 Å². The number of amides is 1. The highest BCUT2D eigenvalue weighted by molar-refractivity contribution is 7.07. The Morgan fingerprint density at radius 3 is 2.95 bits per heavy atom. The van der Waals surface area contributed by atoms with Crippen molar-refractivity contribution < 1.29 is 9.18 Å². The van der Waals surface area contributed by atoms with Gasteiger partial charge >= 0.3 is 0 Å².